The summed E-state index contributed by atoms with van der Waals surface area (Å²) in [4.78, 5) is 26.7. The van der Waals surface area contributed by atoms with Gasteiger partial charge in [-0.05, 0) is 23.6 Å². The van der Waals surface area contributed by atoms with Crippen LogP contribution in [0.2, 0.25) is 0 Å². The van der Waals surface area contributed by atoms with Crippen LogP contribution in [-0.4, -0.2) is 48.9 Å². The number of nitrogens with one attached hydrogen (secondary N) is 2. The largest absolute Gasteiger partial charge is 0.416 e. The van der Waals surface area contributed by atoms with Crippen LogP contribution in [0.4, 0.5) is 13.2 Å². The normalized spacial score (nSPS) is 17.3. The third kappa shape index (κ3) is 6.68. The first-order valence-electron chi connectivity index (χ1n) is 10.5. The van der Waals surface area contributed by atoms with Crippen LogP contribution < -0.4 is 10.6 Å². The fraction of sp³-hybridized carbons (Fsp3) is 0.333. The van der Waals surface area contributed by atoms with Gasteiger partial charge in [-0.2, -0.15) is 13.2 Å². The van der Waals surface area contributed by atoms with Crippen molar-refractivity contribution in [2.45, 2.75) is 25.1 Å². The van der Waals surface area contributed by atoms with Crippen molar-refractivity contribution < 1.29 is 22.8 Å². The lowest BCUT2D eigenvalue weighted by molar-refractivity contribution is -0.138. The van der Waals surface area contributed by atoms with Gasteiger partial charge in [0.25, 0.3) is 0 Å². The van der Waals surface area contributed by atoms with E-state index in [9.17, 15) is 22.8 Å². The summed E-state index contributed by atoms with van der Waals surface area (Å²) in [5, 5.41) is 5.42. The van der Waals surface area contributed by atoms with Gasteiger partial charge in [-0.3, -0.25) is 14.5 Å². The smallest absolute Gasteiger partial charge is 0.356 e. The molecule has 0 aliphatic carbocycles. The van der Waals surface area contributed by atoms with Crippen molar-refractivity contribution in [2.75, 3.05) is 26.2 Å². The highest BCUT2D eigenvalue weighted by Gasteiger charge is 2.33. The number of amides is 2. The van der Waals surface area contributed by atoms with Crippen LogP contribution in [-0.2, 0) is 22.2 Å². The van der Waals surface area contributed by atoms with E-state index in [1.165, 1.54) is 12.1 Å². The molecule has 0 saturated carbocycles. The summed E-state index contributed by atoms with van der Waals surface area (Å²) in [6.07, 6.45) is -0.517. The molecule has 1 fully saturated rings. The molecular formula is C24H26F3N3O2. The molecule has 5 nitrogen and oxygen atoms in total. The molecule has 1 saturated heterocycles. The topological polar surface area (TPSA) is 61.4 Å². The van der Waals surface area contributed by atoms with Crippen LogP contribution in [0.5, 0.6) is 0 Å². The first kappa shape index (κ1) is 23.5. The molecule has 0 spiro atoms. The summed E-state index contributed by atoms with van der Waals surface area (Å²) in [5.41, 5.74) is 0.475. The molecule has 0 radical (unpaired) electrons. The zero-order valence-corrected chi connectivity index (χ0v) is 17.6. The van der Waals surface area contributed by atoms with E-state index < -0.39 is 17.8 Å². The van der Waals surface area contributed by atoms with Crippen LogP contribution in [0.1, 0.15) is 23.1 Å². The Labute approximate surface area is 185 Å². The number of carbonyl (C=O) groups is 2. The summed E-state index contributed by atoms with van der Waals surface area (Å²) in [7, 11) is 0. The number of benzene rings is 2. The van der Waals surface area contributed by atoms with Crippen LogP contribution in [0, 0.1) is 0 Å². The number of hydrogen-bond donors (Lipinski definition) is 2. The minimum absolute atomic E-state index is 0.0497. The summed E-state index contributed by atoms with van der Waals surface area (Å²) < 4.78 is 39.3. The van der Waals surface area contributed by atoms with Gasteiger partial charge < -0.3 is 10.6 Å². The van der Waals surface area contributed by atoms with E-state index >= 15 is 0 Å². The second kappa shape index (κ2) is 10.9. The zero-order chi connectivity index (χ0) is 23.0. The average molecular weight is 445 g/mol. The Balaban J connectivity index is 1.53. The standard InChI is InChI=1S/C24H26F3N3O2/c25-24(26,27)20-11-5-4-10-19(20)12-13-28-22(31)17-21-23(32)29-14-16-30(21)15-6-9-18-7-2-1-3-8-18/h1-11,21H,12-17H2,(H,28,31)(H,29,32)/b9-6+. The lowest BCUT2D eigenvalue weighted by atomic mass is 10.0. The maximum atomic E-state index is 13.1. The minimum Gasteiger partial charge on any atom is -0.356 e. The van der Waals surface area contributed by atoms with Gasteiger partial charge >= 0.3 is 6.18 Å². The van der Waals surface area contributed by atoms with Gasteiger partial charge in [0.2, 0.25) is 11.8 Å². The Hall–Kier alpha value is -3.13. The molecule has 2 aromatic rings. The lowest BCUT2D eigenvalue weighted by Crippen LogP contribution is -2.56. The van der Waals surface area contributed by atoms with Gasteiger partial charge in [0.1, 0.15) is 0 Å². The molecule has 2 aromatic carbocycles. The van der Waals surface area contributed by atoms with Crippen LogP contribution in [0.25, 0.3) is 6.08 Å². The van der Waals surface area contributed by atoms with Gasteiger partial charge in [0.15, 0.2) is 0 Å². The first-order chi connectivity index (χ1) is 15.3. The highest BCUT2D eigenvalue weighted by Crippen LogP contribution is 2.31. The number of nitrogens with zero attached hydrogens (tertiary/aromatic N) is 1. The van der Waals surface area contributed by atoms with E-state index in [0.717, 1.165) is 11.6 Å². The van der Waals surface area contributed by atoms with E-state index in [4.69, 9.17) is 0 Å². The quantitative estimate of drug-likeness (QED) is 0.656. The second-order valence-electron chi connectivity index (χ2n) is 7.57. The fourth-order valence-electron chi connectivity index (χ4n) is 3.69. The molecule has 1 atom stereocenters. The van der Waals surface area contributed by atoms with E-state index in [-0.39, 0.29) is 36.8 Å². The van der Waals surface area contributed by atoms with Crippen LogP contribution in [0.3, 0.4) is 0 Å². The molecule has 1 aliphatic rings. The van der Waals surface area contributed by atoms with Gasteiger partial charge in [0.05, 0.1) is 18.0 Å². The Kier molecular flexibility index (Phi) is 8.05. The summed E-state index contributed by atoms with van der Waals surface area (Å²) in [6.45, 7) is 1.69. The molecule has 8 heteroatoms. The summed E-state index contributed by atoms with van der Waals surface area (Å²) >= 11 is 0. The van der Waals surface area contributed by atoms with Crippen molar-refractivity contribution in [3.05, 3.63) is 77.4 Å². The molecular weight excluding hydrogens is 419 g/mol. The van der Waals surface area contributed by atoms with Gasteiger partial charge in [-0.1, -0.05) is 60.7 Å². The van der Waals surface area contributed by atoms with Crippen molar-refractivity contribution in [1.82, 2.24) is 15.5 Å². The predicted molar refractivity (Wildman–Crippen MR) is 117 cm³/mol. The van der Waals surface area contributed by atoms with Crippen molar-refractivity contribution in [3.63, 3.8) is 0 Å². The maximum absolute atomic E-state index is 13.1. The second-order valence-corrected chi connectivity index (χ2v) is 7.57. The molecule has 32 heavy (non-hydrogen) atoms. The van der Waals surface area contributed by atoms with Crippen molar-refractivity contribution >= 4 is 17.9 Å². The fourth-order valence-corrected chi connectivity index (χ4v) is 3.69. The summed E-state index contributed by atoms with van der Waals surface area (Å²) in [6, 6.07) is 14.5. The number of halogens is 3. The van der Waals surface area contributed by atoms with Crippen LogP contribution >= 0.6 is 0 Å². The Bertz CT molecular complexity index is 945. The monoisotopic (exact) mass is 445 g/mol. The predicted octanol–water partition coefficient (Wildman–Crippen LogP) is 3.27. The Morgan fingerprint density at radius 2 is 1.84 bits per heavy atom. The lowest BCUT2D eigenvalue weighted by Gasteiger charge is -2.33. The van der Waals surface area contributed by atoms with Gasteiger partial charge in [-0.25, -0.2) is 0 Å². The number of rotatable bonds is 8. The van der Waals surface area contributed by atoms with E-state index in [1.54, 1.807) is 6.07 Å². The first-order valence-corrected chi connectivity index (χ1v) is 10.5. The molecule has 1 aliphatic heterocycles. The van der Waals surface area contributed by atoms with E-state index in [1.807, 2.05) is 47.4 Å². The highest BCUT2D eigenvalue weighted by molar-refractivity contribution is 5.88. The third-order valence-corrected chi connectivity index (χ3v) is 5.31. The molecule has 3 rings (SSSR count). The van der Waals surface area contributed by atoms with Crippen LogP contribution in [0.15, 0.2) is 60.7 Å². The molecule has 1 heterocycles. The molecule has 2 amide bonds. The highest BCUT2D eigenvalue weighted by atomic mass is 19.4. The Morgan fingerprint density at radius 3 is 2.59 bits per heavy atom. The zero-order valence-electron chi connectivity index (χ0n) is 17.6. The molecule has 170 valence electrons. The van der Waals surface area contributed by atoms with E-state index in [0.29, 0.717) is 19.6 Å². The average Bonchev–Trinajstić information content (AvgIpc) is 2.76. The number of carbonyl (C=O) groups excluding carboxylic acids is 2. The molecule has 0 bridgehead atoms. The van der Waals surface area contributed by atoms with Crippen molar-refractivity contribution in [1.29, 1.82) is 0 Å². The number of alkyl halides is 3. The molecule has 0 aromatic heterocycles. The van der Waals surface area contributed by atoms with E-state index in [2.05, 4.69) is 10.6 Å². The van der Waals surface area contributed by atoms with Gasteiger partial charge in [-0.15, -0.1) is 0 Å². The third-order valence-electron chi connectivity index (χ3n) is 5.31. The minimum atomic E-state index is -4.44. The SMILES string of the molecule is O=C(CC1C(=O)NCCN1C/C=C/c1ccccc1)NCCc1ccccc1C(F)(F)F. The van der Waals surface area contributed by atoms with Gasteiger partial charge in [0, 0.05) is 26.2 Å². The molecule has 1 unspecified atom stereocenters. The maximum Gasteiger partial charge on any atom is 0.416 e. The summed E-state index contributed by atoms with van der Waals surface area (Å²) in [5.74, 6) is -0.587. The number of piperazine rings is 1. The molecule has 2 N–H and O–H groups in total. The van der Waals surface area contributed by atoms with Crippen molar-refractivity contribution in [2.24, 2.45) is 0 Å². The number of hydrogen-bond acceptors (Lipinski definition) is 3. The van der Waals surface area contributed by atoms with Crippen molar-refractivity contribution in [3.8, 4) is 0 Å². The Morgan fingerprint density at radius 1 is 1.12 bits per heavy atom.